The summed E-state index contributed by atoms with van der Waals surface area (Å²) in [5, 5.41) is 1.99. The van der Waals surface area contributed by atoms with Crippen LogP contribution in [0.25, 0.3) is 0 Å². The molecule has 0 radical (unpaired) electrons. The number of rotatable bonds is 3. The number of carbonyl (C=O) groups excluding carboxylic acids is 1. The Balaban J connectivity index is 1.77. The van der Waals surface area contributed by atoms with Gasteiger partial charge in [0, 0.05) is 6.54 Å². The van der Waals surface area contributed by atoms with Gasteiger partial charge in [0.1, 0.15) is 12.2 Å². The molecule has 1 aromatic rings. The first kappa shape index (κ1) is 12.6. The van der Waals surface area contributed by atoms with Crippen molar-refractivity contribution >= 4 is 5.97 Å². The van der Waals surface area contributed by atoms with Crippen LogP contribution in [0.1, 0.15) is 25.8 Å². The maximum absolute atomic E-state index is 11.4. The van der Waals surface area contributed by atoms with E-state index in [0.717, 1.165) is 6.54 Å². The van der Waals surface area contributed by atoms with Gasteiger partial charge in [-0.15, -0.1) is 0 Å². The Morgan fingerprint density at radius 2 is 2.05 bits per heavy atom. The van der Waals surface area contributed by atoms with Crippen LogP contribution < -0.4 is 0 Å². The van der Waals surface area contributed by atoms with Crippen LogP contribution in [-0.4, -0.2) is 29.3 Å². The summed E-state index contributed by atoms with van der Waals surface area (Å²) in [7, 11) is 0. The highest BCUT2D eigenvalue weighted by molar-refractivity contribution is 5.72. The quantitative estimate of drug-likeness (QED) is 0.781. The third-order valence-electron chi connectivity index (χ3n) is 3.81. The SMILES string of the molecule is CC(C)[C@H]1[C@H]2OC(=O)C[C@H]2ON1Cc1ccccc1. The minimum Gasteiger partial charge on any atom is -0.458 e. The first-order valence-electron chi connectivity index (χ1n) is 6.82. The molecule has 4 nitrogen and oxygen atoms in total. The molecular weight excluding hydrogens is 242 g/mol. The van der Waals surface area contributed by atoms with Gasteiger partial charge >= 0.3 is 5.97 Å². The number of esters is 1. The second kappa shape index (κ2) is 4.94. The van der Waals surface area contributed by atoms with Crippen molar-refractivity contribution in [2.45, 2.75) is 45.1 Å². The van der Waals surface area contributed by atoms with Crippen molar-refractivity contribution in [1.82, 2.24) is 5.06 Å². The van der Waals surface area contributed by atoms with E-state index in [-0.39, 0.29) is 24.2 Å². The van der Waals surface area contributed by atoms with Gasteiger partial charge in [0.2, 0.25) is 0 Å². The standard InChI is InChI=1S/C15H19NO3/c1-10(2)14-15-12(8-13(17)18-15)19-16(14)9-11-6-4-3-5-7-11/h3-7,10,12,14-15H,8-9H2,1-2H3/t12-,14+,15+/m1/s1. The molecule has 4 heteroatoms. The largest absolute Gasteiger partial charge is 0.458 e. The van der Waals surface area contributed by atoms with Crippen LogP contribution in [0.5, 0.6) is 0 Å². The summed E-state index contributed by atoms with van der Waals surface area (Å²) in [6.07, 6.45) is 0.152. The normalized spacial score (nSPS) is 30.7. The molecule has 0 N–H and O–H groups in total. The van der Waals surface area contributed by atoms with Gasteiger partial charge in [-0.05, 0) is 11.5 Å². The molecule has 3 atom stereocenters. The van der Waals surface area contributed by atoms with E-state index >= 15 is 0 Å². The average molecular weight is 261 g/mol. The Hall–Kier alpha value is -1.39. The molecule has 2 aliphatic heterocycles. The summed E-state index contributed by atoms with van der Waals surface area (Å²) in [4.78, 5) is 17.3. The first-order chi connectivity index (χ1) is 9.15. The van der Waals surface area contributed by atoms with Crippen LogP contribution in [0.4, 0.5) is 0 Å². The van der Waals surface area contributed by atoms with Crippen molar-refractivity contribution < 1.29 is 14.4 Å². The lowest BCUT2D eigenvalue weighted by Crippen LogP contribution is -2.39. The van der Waals surface area contributed by atoms with Gasteiger partial charge < -0.3 is 4.74 Å². The summed E-state index contributed by atoms with van der Waals surface area (Å²) in [5.41, 5.74) is 1.21. The van der Waals surface area contributed by atoms with Crippen molar-refractivity contribution in [3.8, 4) is 0 Å². The first-order valence-corrected chi connectivity index (χ1v) is 6.82. The third-order valence-corrected chi connectivity index (χ3v) is 3.81. The molecule has 0 saturated carbocycles. The molecule has 2 aliphatic rings. The molecule has 102 valence electrons. The zero-order valence-corrected chi connectivity index (χ0v) is 11.3. The van der Waals surface area contributed by atoms with Gasteiger partial charge in [-0.2, -0.15) is 5.06 Å². The predicted molar refractivity (Wildman–Crippen MR) is 70.0 cm³/mol. The molecule has 2 fully saturated rings. The highest BCUT2D eigenvalue weighted by Crippen LogP contribution is 2.36. The molecule has 0 aliphatic carbocycles. The number of nitrogens with zero attached hydrogens (tertiary/aromatic N) is 1. The van der Waals surface area contributed by atoms with Crippen molar-refractivity contribution in [3.05, 3.63) is 35.9 Å². The smallest absolute Gasteiger partial charge is 0.309 e. The number of hydrogen-bond acceptors (Lipinski definition) is 4. The third kappa shape index (κ3) is 2.38. The predicted octanol–water partition coefficient (Wildman–Crippen LogP) is 2.14. The Bertz CT molecular complexity index is 460. The lowest BCUT2D eigenvalue weighted by atomic mass is 9.96. The van der Waals surface area contributed by atoms with E-state index in [1.54, 1.807) is 0 Å². The molecule has 0 unspecified atom stereocenters. The van der Waals surface area contributed by atoms with Crippen LogP contribution in [0.15, 0.2) is 30.3 Å². The second-order valence-electron chi connectivity index (χ2n) is 5.60. The van der Waals surface area contributed by atoms with Crippen LogP contribution in [0.3, 0.4) is 0 Å². The molecule has 2 heterocycles. The molecule has 2 saturated heterocycles. The highest BCUT2D eigenvalue weighted by atomic mass is 16.7. The van der Waals surface area contributed by atoms with Gasteiger partial charge in [-0.3, -0.25) is 9.63 Å². The number of hydrogen-bond donors (Lipinski definition) is 0. The topological polar surface area (TPSA) is 38.8 Å². The molecule has 1 aromatic carbocycles. The van der Waals surface area contributed by atoms with Gasteiger partial charge in [0.25, 0.3) is 0 Å². The van der Waals surface area contributed by atoms with E-state index in [1.165, 1.54) is 5.56 Å². The monoisotopic (exact) mass is 261 g/mol. The van der Waals surface area contributed by atoms with Crippen LogP contribution in [0.2, 0.25) is 0 Å². The van der Waals surface area contributed by atoms with Gasteiger partial charge in [0.15, 0.2) is 0 Å². The average Bonchev–Trinajstić information content (AvgIpc) is 2.85. The van der Waals surface area contributed by atoms with E-state index in [0.29, 0.717) is 12.3 Å². The Labute approximate surface area is 113 Å². The fourth-order valence-corrected chi connectivity index (χ4v) is 2.97. The van der Waals surface area contributed by atoms with Crippen molar-refractivity contribution in [3.63, 3.8) is 0 Å². The fourth-order valence-electron chi connectivity index (χ4n) is 2.97. The summed E-state index contributed by atoms with van der Waals surface area (Å²) < 4.78 is 5.42. The van der Waals surface area contributed by atoms with Crippen molar-refractivity contribution in [1.29, 1.82) is 0 Å². The maximum atomic E-state index is 11.4. The molecule has 0 amide bonds. The molecule has 19 heavy (non-hydrogen) atoms. The van der Waals surface area contributed by atoms with Crippen LogP contribution >= 0.6 is 0 Å². The minimum atomic E-state index is -0.139. The molecule has 0 aromatic heterocycles. The second-order valence-corrected chi connectivity index (χ2v) is 5.60. The van der Waals surface area contributed by atoms with Gasteiger partial charge in [0.05, 0.1) is 12.5 Å². The Kier molecular flexibility index (Phi) is 3.29. The van der Waals surface area contributed by atoms with Crippen LogP contribution in [0, 0.1) is 5.92 Å². The molecular formula is C15H19NO3. The lowest BCUT2D eigenvalue weighted by Gasteiger charge is -2.27. The molecule has 3 rings (SSSR count). The van der Waals surface area contributed by atoms with Crippen molar-refractivity contribution in [2.24, 2.45) is 5.92 Å². The number of carbonyl (C=O) groups is 1. The summed E-state index contributed by atoms with van der Waals surface area (Å²) >= 11 is 0. The van der Waals surface area contributed by atoms with Gasteiger partial charge in [-0.1, -0.05) is 44.2 Å². The minimum absolute atomic E-state index is 0.108. The summed E-state index contributed by atoms with van der Waals surface area (Å²) in [5.74, 6) is 0.240. The highest BCUT2D eigenvalue weighted by Gasteiger charge is 2.51. The summed E-state index contributed by atoms with van der Waals surface area (Å²) in [6.45, 7) is 5.01. The lowest BCUT2D eigenvalue weighted by molar-refractivity contribution is -0.179. The Morgan fingerprint density at radius 3 is 2.74 bits per heavy atom. The summed E-state index contributed by atoms with van der Waals surface area (Å²) in [6, 6.07) is 10.4. The number of fused-ring (bicyclic) bond motifs is 1. The van der Waals surface area contributed by atoms with E-state index < -0.39 is 0 Å². The van der Waals surface area contributed by atoms with E-state index in [9.17, 15) is 4.79 Å². The number of ether oxygens (including phenoxy) is 1. The molecule has 0 spiro atoms. The van der Waals surface area contributed by atoms with Crippen molar-refractivity contribution in [2.75, 3.05) is 0 Å². The Morgan fingerprint density at radius 1 is 1.32 bits per heavy atom. The van der Waals surface area contributed by atoms with Crippen LogP contribution in [-0.2, 0) is 20.9 Å². The number of hydroxylamine groups is 2. The number of benzene rings is 1. The van der Waals surface area contributed by atoms with Gasteiger partial charge in [-0.25, -0.2) is 0 Å². The van der Waals surface area contributed by atoms with E-state index in [2.05, 4.69) is 26.0 Å². The maximum Gasteiger partial charge on any atom is 0.309 e. The van der Waals surface area contributed by atoms with E-state index in [4.69, 9.17) is 9.57 Å². The fraction of sp³-hybridized carbons (Fsp3) is 0.533. The zero-order chi connectivity index (χ0) is 13.4. The van der Waals surface area contributed by atoms with E-state index in [1.807, 2.05) is 23.3 Å². The zero-order valence-electron chi connectivity index (χ0n) is 11.3. The molecule has 0 bridgehead atoms.